The van der Waals surface area contributed by atoms with E-state index in [0.29, 0.717) is 22.3 Å². The molecule has 0 radical (unpaired) electrons. The number of hydrogen-bond donors (Lipinski definition) is 1. The van der Waals surface area contributed by atoms with Gasteiger partial charge in [-0.25, -0.2) is 4.98 Å². The lowest BCUT2D eigenvalue weighted by Crippen LogP contribution is -2.08. The fourth-order valence-corrected chi connectivity index (χ4v) is 1.92. The molecule has 0 saturated carbocycles. The number of rotatable bonds is 6. The number of nitriles is 1. The van der Waals surface area contributed by atoms with Crippen LogP contribution < -0.4 is 14.8 Å². The number of carbonyl (C=O) groups is 1. The van der Waals surface area contributed by atoms with Crippen LogP contribution in [0.25, 0.3) is 6.08 Å². The van der Waals surface area contributed by atoms with Gasteiger partial charge in [0.1, 0.15) is 11.9 Å². The number of methoxy groups -OCH3 is 1. The van der Waals surface area contributed by atoms with Gasteiger partial charge >= 0.3 is 0 Å². The van der Waals surface area contributed by atoms with Gasteiger partial charge in [-0.1, -0.05) is 17.7 Å². The minimum atomic E-state index is -0.325. The molecule has 6 nitrogen and oxygen atoms in total. The van der Waals surface area contributed by atoms with Crippen LogP contribution in [-0.2, 0) is 4.79 Å². The molecule has 1 heterocycles. The summed E-state index contributed by atoms with van der Waals surface area (Å²) in [4.78, 5) is 15.9. The van der Waals surface area contributed by atoms with Crippen molar-refractivity contribution in [2.75, 3.05) is 19.0 Å². The monoisotopic (exact) mass is 343 g/mol. The summed E-state index contributed by atoms with van der Waals surface area (Å²) in [5.74, 6) is 1.03. The SMILES string of the molecule is COc1cc(/C=C/C(=O)Nc2ccc(Cl)cn2)ccc1OCC#N. The molecule has 0 atom stereocenters. The maximum absolute atomic E-state index is 11.9. The van der Waals surface area contributed by atoms with Crippen LogP contribution in [0.1, 0.15) is 5.56 Å². The van der Waals surface area contributed by atoms with E-state index in [1.807, 2.05) is 6.07 Å². The quantitative estimate of drug-likeness (QED) is 0.813. The van der Waals surface area contributed by atoms with Crippen LogP contribution in [0.4, 0.5) is 5.82 Å². The molecule has 0 spiro atoms. The standard InChI is InChI=1S/C17H14ClN3O3/c1-23-15-10-12(2-5-14(15)24-9-8-19)3-7-17(22)21-16-6-4-13(18)11-20-16/h2-7,10-11H,9H2,1H3,(H,20,21,22)/b7-3+. The zero-order chi connectivity index (χ0) is 17.4. The highest BCUT2D eigenvalue weighted by Gasteiger charge is 2.05. The third kappa shape index (κ3) is 5.00. The van der Waals surface area contributed by atoms with Gasteiger partial charge in [-0.15, -0.1) is 0 Å². The predicted octanol–water partition coefficient (Wildman–Crippen LogP) is 3.30. The van der Waals surface area contributed by atoms with E-state index in [1.165, 1.54) is 19.4 Å². The molecule has 1 aromatic heterocycles. The van der Waals surface area contributed by atoms with Crippen LogP contribution in [-0.4, -0.2) is 24.6 Å². The zero-order valence-electron chi connectivity index (χ0n) is 12.8. The average Bonchev–Trinajstić information content (AvgIpc) is 2.60. The highest BCUT2D eigenvalue weighted by molar-refractivity contribution is 6.30. The van der Waals surface area contributed by atoms with Gasteiger partial charge in [0, 0.05) is 12.3 Å². The number of halogens is 1. The van der Waals surface area contributed by atoms with Gasteiger partial charge in [0.2, 0.25) is 5.91 Å². The largest absolute Gasteiger partial charge is 0.493 e. The number of hydrogen-bond acceptors (Lipinski definition) is 5. The highest BCUT2D eigenvalue weighted by Crippen LogP contribution is 2.28. The fraction of sp³-hybridized carbons (Fsp3) is 0.118. The molecular formula is C17H14ClN3O3. The summed E-state index contributed by atoms with van der Waals surface area (Å²) in [5, 5.41) is 11.7. The normalized spacial score (nSPS) is 10.2. The number of ether oxygens (including phenoxy) is 2. The molecule has 0 saturated heterocycles. The Labute approximate surface area is 144 Å². The molecule has 24 heavy (non-hydrogen) atoms. The summed E-state index contributed by atoms with van der Waals surface area (Å²) in [6.07, 6.45) is 4.45. The number of anilines is 1. The Morgan fingerprint density at radius 3 is 2.88 bits per heavy atom. The lowest BCUT2D eigenvalue weighted by Gasteiger charge is -2.08. The van der Waals surface area contributed by atoms with E-state index >= 15 is 0 Å². The fourth-order valence-electron chi connectivity index (χ4n) is 1.81. The molecule has 7 heteroatoms. The first kappa shape index (κ1) is 17.3. The number of benzene rings is 1. The van der Waals surface area contributed by atoms with Gasteiger partial charge in [0.05, 0.1) is 12.1 Å². The molecule has 0 bridgehead atoms. The first-order valence-electron chi connectivity index (χ1n) is 6.91. The van der Waals surface area contributed by atoms with E-state index in [2.05, 4.69) is 10.3 Å². The number of aromatic nitrogens is 1. The highest BCUT2D eigenvalue weighted by atomic mass is 35.5. The summed E-state index contributed by atoms with van der Waals surface area (Å²) in [5.41, 5.74) is 0.746. The number of nitrogens with zero attached hydrogens (tertiary/aromatic N) is 2. The van der Waals surface area contributed by atoms with Gasteiger partial charge in [-0.2, -0.15) is 5.26 Å². The second kappa shape index (κ2) is 8.56. The first-order valence-corrected chi connectivity index (χ1v) is 7.28. The molecule has 0 aliphatic rings. The molecule has 0 fully saturated rings. The number of nitrogens with one attached hydrogen (secondary N) is 1. The molecule has 1 aromatic carbocycles. The van der Waals surface area contributed by atoms with Crippen molar-refractivity contribution in [2.24, 2.45) is 0 Å². The van der Waals surface area contributed by atoms with E-state index in [9.17, 15) is 4.79 Å². The lowest BCUT2D eigenvalue weighted by molar-refractivity contribution is -0.111. The topological polar surface area (TPSA) is 84.2 Å². The van der Waals surface area contributed by atoms with Crippen LogP contribution in [0, 0.1) is 11.3 Å². The third-order valence-corrected chi connectivity index (χ3v) is 3.11. The maximum atomic E-state index is 11.9. The number of pyridine rings is 1. The Hall–Kier alpha value is -3.04. The Morgan fingerprint density at radius 1 is 1.38 bits per heavy atom. The minimum Gasteiger partial charge on any atom is -0.493 e. The van der Waals surface area contributed by atoms with E-state index in [0.717, 1.165) is 5.56 Å². The molecule has 1 amide bonds. The molecular weight excluding hydrogens is 330 g/mol. The summed E-state index contributed by atoms with van der Waals surface area (Å²) in [6, 6.07) is 10.3. The van der Waals surface area contributed by atoms with Crippen molar-refractivity contribution < 1.29 is 14.3 Å². The van der Waals surface area contributed by atoms with Gasteiger partial charge in [-0.05, 0) is 35.9 Å². The van der Waals surface area contributed by atoms with Gasteiger partial charge < -0.3 is 14.8 Å². The second-order valence-corrected chi connectivity index (χ2v) is 4.98. The summed E-state index contributed by atoms with van der Waals surface area (Å²) in [7, 11) is 1.50. The predicted molar refractivity (Wildman–Crippen MR) is 91.0 cm³/mol. The van der Waals surface area contributed by atoms with Crippen LogP contribution in [0.3, 0.4) is 0 Å². The smallest absolute Gasteiger partial charge is 0.249 e. The Balaban J connectivity index is 2.03. The molecule has 0 aliphatic carbocycles. The molecule has 2 rings (SSSR count). The summed E-state index contributed by atoms with van der Waals surface area (Å²) in [6.45, 7) is -0.0674. The Morgan fingerprint density at radius 2 is 2.21 bits per heavy atom. The van der Waals surface area contributed by atoms with Crippen molar-refractivity contribution in [1.82, 2.24) is 4.98 Å². The van der Waals surface area contributed by atoms with Crippen molar-refractivity contribution in [1.29, 1.82) is 5.26 Å². The van der Waals surface area contributed by atoms with Crippen molar-refractivity contribution >= 4 is 29.4 Å². The van der Waals surface area contributed by atoms with E-state index in [1.54, 1.807) is 36.4 Å². The van der Waals surface area contributed by atoms with Crippen molar-refractivity contribution in [3.05, 3.63) is 53.2 Å². The van der Waals surface area contributed by atoms with E-state index < -0.39 is 0 Å². The average molecular weight is 344 g/mol. The molecule has 1 N–H and O–H groups in total. The first-order chi connectivity index (χ1) is 11.6. The summed E-state index contributed by atoms with van der Waals surface area (Å²) >= 11 is 5.73. The van der Waals surface area contributed by atoms with Crippen molar-refractivity contribution in [2.45, 2.75) is 0 Å². The van der Waals surface area contributed by atoms with Gasteiger partial charge in [0.15, 0.2) is 18.1 Å². The van der Waals surface area contributed by atoms with Crippen molar-refractivity contribution in [3.8, 4) is 17.6 Å². The van der Waals surface area contributed by atoms with E-state index in [4.69, 9.17) is 26.3 Å². The van der Waals surface area contributed by atoms with Crippen LogP contribution in [0.15, 0.2) is 42.6 Å². The van der Waals surface area contributed by atoms with E-state index in [-0.39, 0.29) is 12.5 Å². The lowest BCUT2D eigenvalue weighted by atomic mass is 10.2. The molecule has 122 valence electrons. The maximum Gasteiger partial charge on any atom is 0.249 e. The third-order valence-electron chi connectivity index (χ3n) is 2.89. The Bertz CT molecular complexity index is 783. The van der Waals surface area contributed by atoms with Crippen LogP contribution in [0.5, 0.6) is 11.5 Å². The summed E-state index contributed by atoms with van der Waals surface area (Å²) < 4.78 is 10.4. The van der Waals surface area contributed by atoms with Gasteiger partial charge in [0.25, 0.3) is 0 Å². The Kier molecular flexibility index (Phi) is 6.17. The zero-order valence-corrected chi connectivity index (χ0v) is 13.6. The van der Waals surface area contributed by atoms with Crippen LogP contribution in [0.2, 0.25) is 5.02 Å². The molecule has 0 unspecified atom stereocenters. The van der Waals surface area contributed by atoms with Crippen LogP contribution >= 0.6 is 11.6 Å². The number of carbonyl (C=O) groups excluding carboxylic acids is 1. The van der Waals surface area contributed by atoms with Crippen molar-refractivity contribution in [3.63, 3.8) is 0 Å². The minimum absolute atomic E-state index is 0.0674. The molecule has 2 aromatic rings. The second-order valence-electron chi connectivity index (χ2n) is 4.54. The van der Waals surface area contributed by atoms with Gasteiger partial charge in [-0.3, -0.25) is 4.79 Å². The number of amides is 1. The molecule has 0 aliphatic heterocycles.